The van der Waals surface area contributed by atoms with Crippen LogP contribution in [0.4, 0.5) is 0 Å². The smallest absolute Gasteiger partial charge is 0.152 e. The van der Waals surface area contributed by atoms with Crippen molar-refractivity contribution in [3.63, 3.8) is 0 Å². The predicted molar refractivity (Wildman–Crippen MR) is 67.9 cm³/mol. The summed E-state index contributed by atoms with van der Waals surface area (Å²) in [5, 5.41) is 7.15. The van der Waals surface area contributed by atoms with E-state index < -0.39 is 0 Å². The van der Waals surface area contributed by atoms with E-state index in [4.69, 9.17) is 11.6 Å². The van der Waals surface area contributed by atoms with Gasteiger partial charge in [-0.1, -0.05) is 11.6 Å². The van der Waals surface area contributed by atoms with Crippen molar-refractivity contribution in [3.8, 4) is 11.3 Å². The zero-order valence-electron chi connectivity index (χ0n) is 9.51. The number of pyridine rings is 1. The third kappa shape index (κ3) is 1.44. The lowest BCUT2D eigenvalue weighted by molar-refractivity contribution is 0.112. The Morgan fingerprint density at radius 1 is 1.44 bits per heavy atom. The molecule has 0 aromatic carbocycles. The zero-order valence-corrected chi connectivity index (χ0v) is 10.3. The molecule has 0 saturated heterocycles. The second-order valence-corrected chi connectivity index (χ2v) is 4.33. The molecular weight excluding hydrogens is 252 g/mol. The summed E-state index contributed by atoms with van der Waals surface area (Å²) in [6.45, 7) is 1.86. The van der Waals surface area contributed by atoms with Crippen molar-refractivity contribution in [1.82, 2.24) is 19.6 Å². The summed E-state index contributed by atoms with van der Waals surface area (Å²) < 4.78 is 1.86. The molecule has 3 aromatic heterocycles. The van der Waals surface area contributed by atoms with Crippen LogP contribution < -0.4 is 0 Å². The number of hydrogen-bond donors (Lipinski definition) is 1. The van der Waals surface area contributed by atoms with E-state index in [1.165, 1.54) is 0 Å². The highest BCUT2D eigenvalue weighted by molar-refractivity contribution is 6.34. The molecule has 0 aliphatic heterocycles. The highest BCUT2D eigenvalue weighted by Gasteiger charge is 2.15. The minimum Gasteiger partial charge on any atom is -0.298 e. The summed E-state index contributed by atoms with van der Waals surface area (Å²) in [5.74, 6) is 0.770. The van der Waals surface area contributed by atoms with Crippen molar-refractivity contribution in [2.24, 2.45) is 0 Å². The molecule has 0 aliphatic carbocycles. The van der Waals surface area contributed by atoms with Gasteiger partial charge in [0.15, 0.2) is 6.29 Å². The second kappa shape index (κ2) is 3.96. The Labute approximate surface area is 107 Å². The number of aromatic amines is 1. The second-order valence-electron chi connectivity index (χ2n) is 3.93. The molecule has 0 saturated carbocycles. The van der Waals surface area contributed by atoms with Crippen LogP contribution >= 0.6 is 11.6 Å². The lowest BCUT2D eigenvalue weighted by atomic mass is 10.1. The molecule has 0 spiro atoms. The summed E-state index contributed by atoms with van der Waals surface area (Å²) in [5.41, 5.74) is 2.85. The Kier molecular flexibility index (Phi) is 2.41. The number of imidazole rings is 1. The van der Waals surface area contributed by atoms with Crippen molar-refractivity contribution in [1.29, 1.82) is 0 Å². The zero-order chi connectivity index (χ0) is 12.7. The van der Waals surface area contributed by atoms with Crippen molar-refractivity contribution < 1.29 is 4.79 Å². The molecule has 0 aliphatic rings. The number of aryl methyl sites for hydroxylation is 1. The van der Waals surface area contributed by atoms with E-state index in [2.05, 4.69) is 15.2 Å². The molecule has 0 radical (unpaired) electrons. The van der Waals surface area contributed by atoms with Crippen LogP contribution in [-0.2, 0) is 0 Å². The average Bonchev–Trinajstić information content (AvgIpc) is 3.00. The lowest BCUT2D eigenvalue weighted by Gasteiger charge is -2.09. The monoisotopic (exact) mass is 260 g/mol. The first-order chi connectivity index (χ1) is 8.72. The Hall–Kier alpha value is -2.14. The van der Waals surface area contributed by atoms with E-state index in [0.717, 1.165) is 28.9 Å². The van der Waals surface area contributed by atoms with Crippen LogP contribution in [0.15, 0.2) is 24.7 Å². The molecule has 0 fully saturated rings. The predicted octanol–water partition coefficient (Wildman–Crippen LogP) is 2.50. The van der Waals surface area contributed by atoms with Crippen LogP contribution in [-0.4, -0.2) is 25.9 Å². The number of nitrogens with one attached hydrogen (secondary N) is 1. The van der Waals surface area contributed by atoms with Crippen molar-refractivity contribution >= 4 is 23.4 Å². The average molecular weight is 261 g/mol. The highest BCUT2D eigenvalue weighted by atomic mass is 35.5. The molecule has 90 valence electrons. The number of aldehydes is 1. The van der Waals surface area contributed by atoms with Crippen LogP contribution in [0.5, 0.6) is 0 Å². The van der Waals surface area contributed by atoms with E-state index in [9.17, 15) is 4.79 Å². The molecule has 1 N–H and O–H groups in total. The lowest BCUT2D eigenvalue weighted by Crippen LogP contribution is -1.99. The normalized spacial score (nSPS) is 11.0. The number of carbonyl (C=O) groups is 1. The molecule has 3 rings (SSSR count). The number of H-pyrrole nitrogens is 1. The number of hydrogen-bond acceptors (Lipinski definition) is 3. The number of halogens is 1. The highest BCUT2D eigenvalue weighted by Crippen LogP contribution is 2.29. The van der Waals surface area contributed by atoms with Crippen LogP contribution in [0.2, 0.25) is 5.02 Å². The fourth-order valence-electron chi connectivity index (χ4n) is 2.07. The molecular formula is C12H9ClN4O. The summed E-state index contributed by atoms with van der Waals surface area (Å²) in [7, 11) is 0. The maximum absolute atomic E-state index is 11.2. The van der Waals surface area contributed by atoms with Crippen LogP contribution in [0, 0.1) is 6.92 Å². The van der Waals surface area contributed by atoms with Gasteiger partial charge in [0.2, 0.25) is 0 Å². The van der Waals surface area contributed by atoms with Gasteiger partial charge in [-0.2, -0.15) is 5.10 Å². The van der Waals surface area contributed by atoms with Gasteiger partial charge in [-0.15, -0.1) is 0 Å². The molecule has 6 heteroatoms. The maximum Gasteiger partial charge on any atom is 0.152 e. The van der Waals surface area contributed by atoms with E-state index in [1.54, 1.807) is 24.7 Å². The fourth-order valence-corrected chi connectivity index (χ4v) is 2.32. The fraction of sp³-hybridized carbons (Fsp3) is 0.0833. The third-order valence-electron chi connectivity index (χ3n) is 2.86. The molecule has 0 amide bonds. The topological polar surface area (TPSA) is 63.0 Å². The van der Waals surface area contributed by atoms with Crippen LogP contribution in [0.25, 0.3) is 16.8 Å². The Morgan fingerprint density at radius 3 is 2.94 bits per heavy atom. The van der Waals surface area contributed by atoms with Gasteiger partial charge in [-0.3, -0.25) is 14.3 Å². The van der Waals surface area contributed by atoms with Gasteiger partial charge in [0.05, 0.1) is 28.6 Å². The third-order valence-corrected chi connectivity index (χ3v) is 3.16. The number of rotatable bonds is 2. The minimum absolute atomic E-state index is 0.505. The van der Waals surface area contributed by atoms with E-state index in [1.807, 2.05) is 11.3 Å². The van der Waals surface area contributed by atoms with Crippen LogP contribution in [0.3, 0.4) is 0 Å². The van der Waals surface area contributed by atoms with Gasteiger partial charge in [-0.05, 0) is 13.0 Å². The molecule has 0 atom stereocenters. The number of aromatic nitrogens is 4. The van der Waals surface area contributed by atoms with Gasteiger partial charge in [0, 0.05) is 17.3 Å². The first kappa shape index (κ1) is 11.0. The molecule has 0 unspecified atom stereocenters. The summed E-state index contributed by atoms with van der Waals surface area (Å²) in [6.07, 6.45) is 5.87. The first-order valence-corrected chi connectivity index (χ1v) is 5.71. The summed E-state index contributed by atoms with van der Waals surface area (Å²) in [6, 6.07) is 1.65. The Bertz CT molecular complexity index is 730. The van der Waals surface area contributed by atoms with E-state index >= 15 is 0 Å². The van der Waals surface area contributed by atoms with Crippen LogP contribution in [0.1, 0.15) is 16.2 Å². The summed E-state index contributed by atoms with van der Waals surface area (Å²) in [4.78, 5) is 15.5. The van der Waals surface area contributed by atoms with E-state index in [-0.39, 0.29) is 0 Å². The largest absolute Gasteiger partial charge is 0.298 e. The summed E-state index contributed by atoms with van der Waals surface area (Å²) >= 11 is 6.14. The quantitative estimate of drug-likeness (QED) is 0.720. The maximum atomic E-state index is 11.2. The molecule has 3 heterocycles. The van der Waals surface area contributed by atoms with Gasteiger partial charge < -0.3 is 0 Å². The van der Waals surface area contributed by atoms with Crippen molar-refractivity contribution in [2.75, 3.05) is 0 Å². The Morgan fingerprint density at radius 2 is 2.28 bits per heavy atom. The number of fused-ring (bicyclic) bond motifs is 1. The van der Waals surface area contributed by atoms with Gasteiger partial charge in [-0.25, -0.2) is 4.98 Å². The van der Waals surface area contributed by atoms with Gasteiger partial charge in [0.1, 0.15) is 5.82 Å². The number of nitrogens with zero attached hydrogens (tertiary/aromatic N) is 3. The minimum atomic E-state index is 0.505. The van der Waals surface area contributed by atoms with Crippen molar-refractivity contribution in [3.05, 3.63) is 41.1 Å². The SMILES string of the molecule is Cc1ncc2c(Cl)cc(C=O)c(-c3cn[nH]c3)n12. The van der Waals surface area contributed by atoms with Gasteiger partial charge in [0.25, 0.3) is 0 Å². The molecule has 18 heavy (non-hydrogen) atoms. The van der Waals surface area contributed by atoms with E-state index in [0.29, 0.717) is 10.6 Å². The first-order valence-electron chi connectivity index (χ1n) is 5.33. The standard InChI is InChI=1S/C12H9ClN4O/c1-7-14-5-11-10(13)2-8(6-18)12(17(7)11)9-3-15-16-4-9/h2-6H,1H3,(H,15,16). The molecule has 5 nitrogen and oxygen atoms in total. The molecule has 0 bridgehead atoms. The van der Waals surface area contributed by atoms with Gasteiger partial charge >= 0.3 is 0 Å². The van der Waals surface area contributed by atoms with Crippen molar-refractivity contribution in [2.45, 2.75) is 6.92 Å². The molecule has 3 aromatic rings. The number of carbonyl (C=O) groups excluding carboxylic acids is 1. The Balaban J connectivity index is 2.51.